The fourth-order valence-corrected chi connectivity index (χ4v) is 3.14. The van der Waals surface area contributed by atoms with Crippen molar-refractivity contribution >= 4 is 18.9 Å². The van der Waals surface area contributed by atoms with Gasteiger partial charge in [-0.05, 0) is 38.0 Å². The van der Waals surface area contributed by atoms with Crippen LogP contribution in [0.5, 0.6) is 0 Å². The van der Waals surface area contributed by atoms with Crippen LogP contribution < -0.4 is 11.1 Å². The summed E-state index contributed by atoms with van der Waals surface area (Å²) in [5.74, 6) is -1.33. The van der Waals surface area contributed by atoms with Crippen LogP contribution in [0.3, 0.4) is 0 Å². The summed E-state index contributed by atoms with van der Waals surface area (Å²) in [5.41, 5.74) is 4.81. The molecular weight excluding hydrogens is 299 g/mol. The van der Waals surface area contributed by atoms with E-state index in [0.717, 1.165) is 0 Å². The third-order valence-electron chi connectivity index (χ3n) is 4.73. The molecule has 1 heterocycles. The summed E-state index contributed by atoms with van der Waals surface area (Å²) in [5, 5.41) is 30.4. The van der Waals surface area contributed by atoms with E-state index < -0.39 is 24.7 Å². The zero-order valence-corrected chi connectivity index (χ0v) is 14.0. The molecule has 0 aliphatic carbocycles. The number of nitrogens with two attached hydrogens (primary N) is 1. The van der Waals surface area contributed by atoms with Gasteiger partial charge in [-0.25, -0.2) is 0 Å². The van der Waals surface area contributed by atoms with Crippen LogP contribution in [0.4, 0.5) is 0 Å². The first kappa shape index (κ1) is 20.1. The predicted molar refractivity (Wildman–Crippen MR) is 87.8 cm³/mol. The van der Waals surface area contributed by atoms with Gasteiger partial charge in [-0.2, -0.15) is 0 Å². The smallest absolute Gasteiger partial charge is 0.451 e. The van der Waals surface area contributed by atoms with Crippen LogP contribution in [-0.2, 0) is 9.59 Å². The molecule has 23 heavy (non-hydrogen) atoms. The highest BCUT2D eigenvalue weighted by Crippen LogP contribution is 2.31. The Morgan fingerprint density at radius 3 is 2.52 bits per heavy atom. The molecule has 0 spiro atoms. The number of hydrogen-bond donors (Lipinski definition) is 5. The van der Waals surface area contributed by atoms with E-state index >= 15 is 0 Å². The molecule has 132 valence electrons. The summed E-state index contributed by atoms with van der Waals surface area (Å²) in [6.45, 7) is 4.23. The van der Waals surface area contributed by atoms with Crippen LogP contribution in [0.25, 0.3) is 0 Å². The van der Waals surface area contributed by atoms with Crippen LogP contribution in [-0.4, -0.2) is 52.2 Å². The van der Waals surface area contributed by atoms with Crippen molar-refractivity contribution < 1.29 is 24.7 Å². The molecule has 1 rings (SSSR count). The number of ketones is 1. The Hall–Kier alpha value is -0.955. The minimum Gasteiger partial charge on any atom is -0.480 e. The second kappa shape index (κ2) is 8.77. The van der Waals surface area contributed by atoms with E-state index in [-0.39, 0.29) is 30.4 Å². The number of aliphatic carboxylic acids is 1. The normalized spacial score (nSPS) is 26.1. The van der Waals surface area contributed by atoms with Crippen LogP contribution in [0.2, 0.25) is 6.32 Å². The molecule has 0 aromatic carbocycles. The molecule has 0 aromatic heterocycles. The number of carboxylic acids is 1. The summed E-state index contributed by atoms with van der Waals surface area (Å²) in [4.78, 5) is 24.2. The van der Waals surface area contributed by atoms with E-state index in [1.807, 2.05) is 13.8 Å². The third-order valence-corrected chi connectivity index (χ3v) is 4.73. The van der Waals surface area contributed by atoms with Crippen LogP contribution >= 0.6 is 0 Å². The average Bonchev–Trinajstić information content (AvgIpc) is 2.49. The summed E-state index contributed by atoms with van der Waals surface area (Å²) in [6.07, 6.45) is 2.49. The lowest BCUT2D eigenvalue weighted by Gasteiger charge is -2.39. The molecule has 0 saturated carbocycles. The van der Waals surface area contributed by atoms with Crippen molar-refractivity contribution in [2.45, 2.75) is 63.9 Å². The summed E-state index contributed by atoms with van der Waals surface area (Å²) < 4.78 is 0. The Morgan fingerprint density at radius 2 is 2.00 bits per heavy atom. The first-order valence-electron chi connectivity index (χ1n) is 8.33. The van der Waals surface area contributed by atoms with Gasteiger partial charge in [0, 0.05) is 5.92 Å². The number of nitrogens with one attached hydrogen (secondary N) is 1. The highest BCUT2D eigenvalue weighted by molar-refractivity contribution is 6.40. The number of carbonyl (C=O) groups excluding carboxylic acids is 1. The highest BCUT2D eigenvalue weighted by atomic mass is 16.4. The van der Waals surface area contributed by atoms with Gasteiger partial charge in [-0.1, -0.05) is 26.7 Å². The van der Waals surface area contributed by atoms with Gasteiger partial charge in [-0.3, -0.25) is 9.59 Å². The Bertz CT molecular complexity index is 419. The number of unbranched alkanes of at least 4 members (excludes halogenated alkanes) is 1. The Balaban J connectivity index is 2.72. The standard InChI is InChI=1S/C15H29BN2O5/c1-10(2)12(17)13(19)11-5-8-18-15(9-11,14(20)21)6-3-4-7-16(22)23/h10-12,18,22-23H,3-9,17H2,1-2H3,(H,20,21)/t11?,12-,15?/m0/s1. The predicted octanol–water partition coefficient (Wildman–Crippen LogP) is 0.00490. The molecule has 7 nitrogen and oxygen atoms in total. The van der Waals surface area contributed by atoms with Gasteiger partial charge >= 0.3 is 13.1 Å². The number of carboxylic acid groups (broad SMARTS) is 1. The maximum Gasteiger partial charge on any atom is 0.451 e. The molecule has 1 fully saturated rings. The minimum absolute atomic E-state index is 0.0302. The van der Waals surface area contributed by atoms with E-state index in [2.05, 4.69) is 5.32 Å². The average molecular weight is 328 g/mol. The summed E-state index contributed by atoms with van der Waals surface area (Å²) >= 11 is 0. The molecule has 6 N–H and O–H groups in total. The number of Topliss-reactive ketones (excluding diaryl/α,β-unsaturated/α-hetero) is 1. The van der Waals surface area contributed by atoms with E-state index in [1.54, 1.807) is 0 Å². The Labute approximate surface area is 137 Å². The molecule has 1 aliphatic rings. The molecule has 0 amide bonds. The number of carbonyl (C=O) groups is 2. The lowest BCUT2D eigenvalue weighted by atomic mass is 9.74. The first-order chi connectivity index (χ1) is 10.7. The molecule has 8 heteroatoms. The highest BCUT2D eigenvalue weighted by Gasteiger charge is 2.45. The second-order valence-corrected chi connectivity index (χ2v) is 6.90. The summed E-state index contributed by atoms with van der Waals surface area (Å²) in [6, 6.07) is -0.561. The molecule has 2 unspecified atom stereocenters. The van der Waals surface area contributed by atoms with Crippen molar-refractivity contribution in [2.24, 2.45) is 17.6 Å². The van der Waals surface area contributed by atoms with Crippen LogP contribution in [0.15, 0.2) is 0 Å². The molecule has 3 atom stereocenters. The topological polar surface area (TPSA) is 133 Å². The van der Waals surface area contributed by atoms with Gasteiger partial charge in [0.25, 0.3) is 0 Å². The van der Waals surface area contributed by atoms with Crippen molar-refractivity contribution in [3.8, 4) is 0 Å². The molecule has 0 bridgehead atoms. The third kappa shape index (κ3) is 5.56. The second-order valence-electron chi connectivity index (χ2n) is 6.90. The van der Waals surface area contributed by atoms with Gasteiger partial charge in [0.15, 0.2) is 5.78 Å². The zero-order valence-electron chi connectivity index (χ0n) is 14.0. The lowest BCUT2D eigenvalue weighted by Crippen LogP contribution is -2.58. The first-order valence-corrected chi connectivity index (χ1v) is 8.33. The van der Waals surface area contributed by atoms with Crippen molar-refractivity contribution in [3.05, 3.63) is 0 Å². The van der Waals surface area contributed by atoms with Crippen LogP contribution in [0, 0.1) is 11.8 Å². The van der Waals surface area contributed by atoms with Gasteiger partial charge in [-0.15, -0.1) is 0 Å². The Kier molecular flexibility index (Phi) is 7.66. The molecular formula is C15H29BN2O5. The van der Waals surface area contributed by atoms with Gasteiger partial charge < -0.3 is 26.2 Å². The van der Waals surface area contributed by atoms with Gasteiger partial charge in [0.2, 0.25) is 0 Å². The number of piperidine rings is 1. The quantitative estimate of drug-likeness (QED) is 0.297. The van der Waals surface area contributed by atoms with E-state index in [1.165, 1.54) is 0 Å². The maximum absolute atomic E-state index is 12.5. The van der Waals surface area contributed by atoms with E-state index in [0.29, 0.717) is 32.2 Å². The van der Waals surface area contributed by atoms with Crippen molar-refractivity contribution in [2.75, 3.05) is 6.54 Å². The van der Waals surface area contributed by atoms with Crippen molar-refractivity contribution in [3.63, 3.8) is 0 Å². The fraction of sp³-hybridized carbons (Fsp3) is 0.867. The Morgan fingerprint density at radius 1 is 1.35 bits per heavy atom. The molecule has 1 saturated heterocycles. The zero-order chi connectivity index (χ0) is 17.6. The largest absolute Gasteiger partial charge is 0.480 e. The van der Waals surface area contributed by atoms with E-state index in [9.17, 15) is 14.7 Å². The minimum atomic E-state index is -1.37. The van der Waals surface area contributed by atoms with Crippen molar-refractivity contribution in [1.29, 1.82) is 0 Å². The van der Waals surface area contributed by atoms with Crippen molar-refractivity contribution in [1.82, 2.24) is 5.32 Å². The lowest BCUT2D eigenvalue weighted by molar-refractivity contribution is -0.148. The molecule has 1 aliphatic heterocycles. The monoisotopic (exact) mass is 328 g/mol. The number of rotatable bonds is 9. The summed E-state index contributed by atoms with van der Waals surface area (Å²) in [7, 11) is -1.37. The molecule has 0 radical (unpaired) electrons. The molecule has 0 aromatic rings. The van der Waals surface area contributed by atoms with E-state index in [4.69, 9.17) is 15.8 Å². The SMILES string of the molecule is CC(C)[C@H](N)C(=O)C1CCNC(CCCCB(O)O)(C(=O)O)C1. The fourth-order valence-electron chi connectivity index (χ4n) is 3.14. The van der Waals surface area contributed by atoms with Crippen LogP contribution in [0.1, 0.15) is 46.0 Å². The maximum atomic E-state index is 12.5. The van der Waals surface area contributed by atoms with Gasteiger partial charge in [0.1, 0.15) is 5.54 Å². The number of hydrogen-bond acceptors (Lipinski definition) is 6. The van der Waals surface area contributed by atoms with Gasteiger partial charge in [0.05, 0.1) is 6.04 Å².